The summed E-state index contributed by atoms with van der Waals surface area (Å²) in [6.07, 6.45) is 2.69. The van der Waals surface area contributed by atoms with Crippen molar-refractivity contribution in [2.75, 3.05) is 45.9 Å². The molecule has 1 heterocycles. The third-order valence-electron chi connectivity index (χ3n) is 5.33. The summed E-state index contributed by atoms with van der Waals surface area (Å²) in [5, 5.41) is 9.97. The molecule has 0 bridgehead atoms. The number of β-amino-alcohol motifs (C(OH)–C–C–N with tert-alkyl or cyclic N) is 1. The number of aryl methyl sites for hydroxylation is 1. The van der Waals surface area contributed by atoms with Gasteiger partial charge in [-0.15, -0.1) is 0 Å². The fourth-order valence-corrected chi connectivity index (χ4v) is 3.99. The first kappa shape index (κ1) is 18.4. The number of hydrogen-bond donors (Lipinski definition) is 1. The van der Waals surface area contributed by atoms with Crippen molar-refractivity contribution in [1.82, 2.24) is 9.80 Å². The minimum absolute atomic E-state index is 0.0278. The Morgan fingerprint density at radius 2 is 2.04 bits per heavy atom. The Kier molecular flexibility index (Phi) is 6.45. The van der Waals surface area contributed by atoms with Gasteiger partial charge in [0.1, 0.15) is 0 Å². The van der Waals surface area contributed by atoms with Crippen molar-refractivity contribution in [1.29, 1.82) is 0 Å². The van der Waals surface area contributed by atoms with Crippen LogP contribution in [0.4, 0.5) is 0 Å². The molecule has 0 saturated carbocycles. The minimum Gasteiger partial charge on any atom is -0.389 e. The highest BCUT2D eigenvalue weighted by Crippen LogP contribution is 2.33. The molecule has 0 radical (unpaired) electrons. The molecule has 3 rings (SSSR count). The summed E-state index contributed by atoms with van der Waals surface area (Å²) in [6.45, 7) is 6.70. The molecule has 1 aromatic carbocycles. The fraction of sp³-hybridized carbons (Fsp3) is 0.650. The van der Waals surface area contributed by atoms with Crippen LogP contribution >= 0.6 is 0 Å². The SMILES string of the molecule is CCOCC(O)CN1CCN(C(=O)C2CCCc3ccccc32)CC1. The second kappa shape index (κ2) is 8.79. The van der Waals surface area contributed by atoms with Gasteiger partial charge in [-0.1, -0.05) is 24.3 Å². The van der Waals surface area contributed by atoms with Crippen LogP contribution < -0.4 is 0 Å². The Morgan fingerprint density at radius 1 is 1.28 bits per heavy atom. The number of rotatable bonds is 6. The number of piperazine rings is 1. The molecule has 1 aromatic rings. The van der Waals surface area contributed by atoms with Crippen molar-refractivity contribution in [3.05, 3.63) is 35.4 Å². The van der Waals surface area contributed by atoms with E-state index in [1.165, 1.54) is 11.1 Å². The monoisotopic (exact) mass is 346 g/mol. The van der Waals surface area contributed by atoms with Gasteiger partial charge in [0, 0.05) is 39.3 Å². The van der Waals surface area contributed by atoms with Crippen LogP contribution in [0, 0.1) is 0 Å². The number of carbonyl (C=O) groups is 1. The highest BCUT2D eigenvalue weighted by Gasteiger charge is 2.31. The van der Waals surface area contributed by atoms with Gasteiger partial charge in [-0.2, -0.15) is 0 Å². The zero-order chi connectivity index (χ0) is 17.6. The molecule has 1 saturated heterocycles. The second-order valence-corrected chi connectivity index (χ2v) is 7.08. The zero-order valence-electron chi connectivity index (χ0n) is 15.2. The van der Waals surface area contributed by atoms with E-state index in [4.69, 9.17) is 4.74 Å². The summed E-state index contributed by atoms with van der Waals surface area (Å²) in [5.41, 5.74) is 2.57. The normalized spacial score (nSPS) is 22.5. The molecule has 1 aliphatic carbocycles. The van der Waals surface area contributed by atoms with Crippen LogP contribution in [0.2, 0.25) is 0 Å². The smallest absolute Gasteiger partial charge is 0.230 e. The molecule has 25 heavy (non-hydrogen) atoms. The standard InChI is InChI=1S/C20H30N2O3/c1-2-25-15-17(23)14-21-10-12-22(13-11-21)20(24)19-9-5-7-16-6-3-4-8-18(16)19/h3-4,6,8,17,19,23H,2,5,7,9-15H2,1H3. The first-order chi connectivity index (χ1) is 12.2. The topological polar surface area (TPSA) is 53.0 Å². The summed E-state index contributed by atoms with van der Waals surface area (Å²) in [6, 6.07) is 8.39. The van der Waals surface area contributed by atoms with Gasteiger partial charge in [-0.25, -0.2) is 0 Å². The van der Waals surface area contributed by atoms with Gasteiger partial charge in [0.15, 0.2) is 0 Å². The number of amides is 1. The predicted molar refractivity (Wildman–Crippen MR) is 97.6 cm³/mol. The minimum atomic E-state index is -0.451. The lowest BCUT2D eigenvalue weighted by Crippen LogP contribution is -2.52. The third kappa shape index (κ3) is 4.60. The number of nitrogens with zero attached hydrogens (tertiary/aromatic N) is 2. The van der Waals surface area contributed by atoms with Gasteiger partial charge >= 0.3 is 0 Å². The number of aliphatic hydroxyl groups is 1. The summed E-state index contributed by atoms with van der Waals surface area (Å²) in [4.78, 5) is 17.3. The molecule has 2 atom stereocenters. The number of benzene rings is 1. The van der Waals surface area contributed by atoms with Crippen molar-refractivity contribution < 1.29 is 14.6 Å². The van der Waals surface area contributed by atoms with Crippen molar-refractivity contribution in [3.8, 4) is 0 Å². The van der Waals surface area contributed by atoms with Crippen molar-refractivity contribution in [2.24, 2.45) is 0 Å². The highest BCUT2D eigenvalue weighted by atomic mass is 16.5. The first-order valence-corrected chi connectivity index (χ1v) is 9.53. The summed E-state index contributed by atoms with van der Waals surface area (Å²) >= 11 is 0. The number of fused-ring (bicyclic) bond motifs is 1. The Morgan fingerprint density at radius 3 is 2.80 bits per heavy atom. The van der Waals surface area contributed by atoms with E-state index in [1.54, 1.807) is 0 Å². The average Bonchev–Trinajstić information content (AvgIpc) is 2.66. The lowest BCUT2D eigenvalue weighted by molar-refractivity contribution is -0.135. The molecule has 0 aromatic heterocycles. The van der Waals surface area contributed by atoms with Crippen LogP contribution in [0.15, 0.2) is 24.3 Å². The van der Waals surface area contributed by atoms with Gasteiger partial charge in [0.25, 0.3) is 0 Å². The van der Waals surface area contributed by atoms with E-state index in [0.29, 0.717) is 19.8 Å². The lowest BCUT2D eigenvalue weighted by Gasteiger charge is -2.38. The van der Waals surface area contributed by atoms with E-state index < -0.39 is 6.10 Å². The first-order valence-electron chi connectivity index (χ1n) is 9.53. The number of aliphatic hydroxyl groups excluding tert-OH is 1. The van der Waals surface area contributed by atoms with E-state index in [9.17, 15) is 9.90 Å². The predicted octanol–water partition coefficient (Wildman–Crippen LogP) is 1.65. The molecule has 1 N–H and O–H groups in total. The Hall–Kier alpha value is -1.43. The van der Waals surface area contributed by atoms with E-state index in [0.717, 1.165) is 45.4 Å². The van der Waals surface area contributed by atoms with Crippen LogP contribution in [-0.4, -0.2) is 72.9 Å². The van der Waals surface area contributed by atoms with Crippen LogP contribution in [0.1, 0.15) is 36.8 Å². The zero-order valence-corrected chi connectivity index (χ0v) is 15.2. The van der Waals surface area contributed by atoms with Crippen LogP contribution in [0.5, 0.6) is 0 Å². The Labute approximate surface area is 150 Å². The molecule has 138 valence electrons. The summed E-state index contributed by atoms with van der Waals surface area (Å²) < 4.78 is 5.27. The Bertz CT molecular complexity index is 570. The molecule has 1 aliphatic heterocycles. The second-order valence-electron chi connectivity index (χ2n) is 7.08. The molecule has 0 spiro atoms. The van der Waals surface area contributed by atoms with Crippen molar-refractivity contribution in [3.63, 3.8) is 0 Å². The molecule has 1 fully saturated rings. The largest absolute Gasteiger partial charge is 0.389 e. The lowest BCUT2D eigenvalue weighted by atomic mass is 9.82. The van der Waals surface area contributed by atoms with E-state index in [-0.39, 0.29) is 11.8 Å². The number of hydrogen-bond acceptors (Lipinski definition) is 4. The van der Waals surface area contributed by atoms with E-state index >= 15 is 0 Å². The van der Waals surface area contributed by atoms with E-state index in [2.05, 4.69) is 23.1 Å². The van der Waals surface area contributed by atoms with Crippen molar-refractivity contribution >= 4 is 5.91 Å². The molecule has 2 unspecified atom stereocenters. The molecule has 1 amide bonds. The number of ether oxygens (including phenoxy) is 1. The van der Waals surface area contributed by atoms with Gasteiger partial charge in [0.05, 0.1) is 18.6 Å². The quantitative estimate of drug-likeness (QED) is 0.851. The van der Waals surface area contributed by atoms with Crippen LogP contribution in [-0.2, 0) is 16.0 Å². The number of carbonyl (C=O) groups excluding carboxylic acids is 1. The van der Waals surface area contributed by atoms with Gasteiger partial charge < -0.3 is 14.7 Å². The molecular formula is C20H30N2O3. The maximum atomic E-state index is 13.0. The van der Waals surface area contributed by atoms with Gasteiger partial charge in [-0.3, -0.25) is 9.69 Å². The van der Waals surface area contributed by atoms with E-state index in [1.807, 2.05) is 17.9 Å². The molecule has 5 nitrogen and oxygen atoms in total. The average molecular weight is 346 g/mol. The summed E-state index contributed by atoms with van der Waals surface area (Å²) in [5.74, 6) is 0.307. The third-order valence-corrected chi connectivity index (χ3v) is 5.33. The van der Waals surface area contributed by atoms with Crippen LogP contribution in [0.3, 0.4) is 0 Å². The van der Waals surface area contributed by atoms with Crippen LogP contribution in [0.25, 0.3) is 0 Å². The fourth-order valence-electron chi connectivity index (χ4n) is 3.99. The van der Waals surface area contributed by atoms with Gasteiger partial charge in [0.2, 0.25) is 5.91 Å². The maximum absolute atomic E-state index is 13.0. The molecule has 2 aliphatic rings. The highest BCUT2D eigenvalue weighted by molar-refractivity contribution is 5.84. The summed E-state index contributed by atoms with van der Waals surface area (Å²) in [7, 11) is 0. The maximum Gasteiger partial charge on any atom is 0.230 e. The Balaban J connectivity index is 1.52. The molecule has 5 heteroatoms. The van der Waals surface area contributed by atoms with Gasteiger partial charge in [-0.05, 0) is 37.3 Å². The molecular weight excluding hydrogens is 316 g/mol. The van der Waals surface area contributed by atoms with Crippen molar-refractivity contribution in [2.45, 2.75) is 38.2 Å².